The van der Waals surface area contributed by atoms with Gasteiger partial charge in [-0.15, -0.1) is 11.3 Å². The van der Waals surface area contributed by atoms with Crippen molar-refractivity contribution in [3.63, 3.8) is 0 Å². The Labute approximate surface area is 132 Å². The van der Waals surface area contributed by atoms with Gasteiger partial charge in [-0.25, -0.2) is 0 Å². The first-order chi connectivity index (χ1) is 10.1. The highest BCUT2D eigenvalue weighted by Gasteiger charge is 2.16. The summed E-state index contributed by atoms with van der Waals surface area (Å²) in [5.74, 6) is -0.132. The van der Waals surface area contributed by atoms with Gasteiger partial charge in [0, 0.05) is 28.3 Å². The van der Waals surface area contributed by atoms with E-state index in [0.29, 0.717) is 22.1 Å². The number of aliphatic hydroxyl groups excluding tert-OH is 1. The van der Waals surface area contributed by atoms with Crippen LogP contribution in [0.5, 0.6) is 0 Å². The Morgan fingerprint density at radius 1 is 1.29 bits per heavy atom. The number of benzene rings is 1. The van der Waals surface area contributed by atoms with E-state index >= 15 is 0 Å². The van der Waals surface area contributed by atoms with E-state index in [4.69, 9.17) is 22.4 Å². The molecule has 114 valence electrons. The number of nitrogen functional groups attached to an aromatic ring is 1. The summed E-state index contributed by atoms with van der Waals surface area (Å²) >= 11 is 7.34. The lowest BCUT2D eigenvalue weighted by atomic mass is 10.2. The summed E-state index contributed by atoms with van der Waals surface area (Å²) in [7, 11) is 0. The van der Waals surface area contributed by atoms with E-state index in [1.165, 1.54) is 11.3 Å². The van der Waals surface area contributed by atoms with Crippen LogP contribution in [0.25, 0.3) is 10.1 Å². The molecule has 4 N–H and O–H groups in total. The number of fused-ring (bicyclic) bond motifs is 1. The van der Waals surface area contributed by atoms with Gasteiger partial charge in [-0.1, -0.05) is 24.4 Å². The van der Waals surface area contributed by atoms with Gasteiger partial charge in [0.15, 0.2) is 0 Å². The maximum Gasteiger partial charge on any atom is 0.263 e. The summed E-state index contributed by atoms with van der Waals surface area (Å²) in [4.78, 5) is 12.7. The lowest BCUT2D eigenvalue weighted by Crippen LogP contribution is -2.24. The minimum Gasteiger partial charge on any atom is -0.397 e. The Kier molecular flexibility index (Phi) is 5.85. The second-order valence-corrected chi connectivity index (χ2v) is 6.37. The molecule has 1 amide bonds. The van der Waals surface area contributed by atoms with Crippen LogP contribution in [0, 0.1) is 0 Å². The molecule has 0 aliphatic heterocycles. The molecule has 0 aliphatic rings. The standard InChI is InChI=1S/C15H19ClN2O2S/c16-10-5-6-12-11(9-10)13(17)14(21-12)15(20)18-7-3-1-2-4-8-19/h5-6,9,19H,1-4,7-8,17H2,(H,18,20). The molecule has 1 aromatic heterocycles. The van der Waals surface area contributed by atoms with E-state index in [1.807, 2.05) is 6.07 Å². The summed E-state index contributed by atoms with van der Waals surface area (Å²) in [6.07, 6.45) is 3.70. The molecule has 0 spiro atoms. The van der Waals surface area contributed by atoms with Crippen LogP contribution in [0.4, 0.5) is 5.69 Å². The van der Waals surface area contributed by atoms with Gasteiger partial charge in [-0.3, -0.25) is 4.79 Å². The maximum atomic E-state index is 12.2. The molecule has 0 fully saturated rings. The van der Waals surface area contributed by atoms with Crippen LogP contribution in [0.3, 0.4) is 0 Å². The molecule has 0 atom stereocenters. The summed E-state index contributed by atoms with van der Waals surface area (Å²) in [6.45, 7) is 0.853. The monoisotopic (exact) mass is 326 g/mol. The van der Waals surface area contributed by atoms with Gasteiger partial charge in [0.1, 0.15) is 4.88 Å². The predicted octanol–water partition coefficient (Wildman–Crippen LogP) is 3.42. The first-order valence-electron chi connectivity index (χ1n) is 7.00. The number of halogens is 1. The quantitative estimate of drug-likeness (QED) is 0.682. The zero-order valence-electron chi connectivity index (χ0n) is 11.7. The van der Waals surface area contributed by atoms with Crippen molar-refractivity contribution < 1.29 is 9.90 Å². The molecule has 0 unspecified atom stereocenters. The molecule has 0 saturated carbocycles. The molecular formula is C15H19ClN2O2S. The van der Waals surface area contributed by atoms with Crippen molar-refractivity contribution in [3.05, 3.63) is 28.1 Å². The Bertz CT molecular complexity index is 627. The number of thiophene rings is 1. The Hall–Kier alpha value is -1.30. The second-order valence-electron chi connectivity index (χ2n) is 4.88. The van der Waals surface area contributed by atoms with Crippen molar-refractivity contribution in [2.75, 3.05) is 18.9 Å². The largest absolute Gasteiger partial charge is 0.397 e. The summed E-state index contributed by atoms with van der Waals surface area (Å²) in [5, 5.41) is 13.0. The third kappa shape index (κ3) is 4.09. The molecular weight excluding hydrogens is 308 g/mol. The summed E-state index contributed by atoms with van der Waals surface area (Å²) < 4.78 is 0.963. The average Bonchev–Trinajstić information content (AvgIpc) is 2.79. The lowest BCUT2D eigenvalue weighted by Gasteiger charge is -2.04. The van der Waals surface area contributed by atoms with Crippen molar-refractivity contribution in [1.29, 1.82) is 0 Å². The molecule has 1 aromatic carbocycles. The minimum atomic E-state index is -0.132. The molecule has 0 radical (unpaired) electrons. The van der Waals surface area contributed by atoms with Gasteiger partial charge in [-0.05, 0) is 31.0 Å². The van der Waals surface area contributed by atoms with Gasteiger partial charge >= 0.3 is 0 Å². The maximum absolute atomic E-state index is 12.2. The third-order valence-electron chi connectivity index (χ3n) is 3.27. The highest BCUT2D eigenvalue weighted by molar-refractivity contribution is 7.21. The summed E-state index contributed by atoms with van der Waals surface area (Å²) in [6, 6.07) is 5.46. The fraction of sp³-hybridized carbons (Fsp3) is 0.400. The molecule has 2 aromatic rings. The number of anilines is 1. The number of rotatable bonds is 7. The molecule has 4 nitrogen and oxygen atoms in total. The normalized spacial score (nSPS) is 11.0. The smallest absolute Gasteiger partial charge is 0.263 e. The Balaban J connectivity index is 1.95. The average molecular weight is 327 g/mol. The molecule has 0 aliphatic carbocycles. The number of nitrogens with two attached hydrogens (primary N) is 1. The summed E-state index contributed by atoms with van der Waals surface area (Å²) in [5.41, 5.74) is 6.54. The number of hydrogen-bond donors (Lipinski definition) is 3. The van der Waals surface area contributed by atoms with E-state index < -0.39 is 0 Å². The van der Waals surface area contributed by atoms with Crippen molar-refractivity contribution in [2.45, 2.75) is 25.7 Å². The van der Waals surface area contributed by atoms with Crippen LogP contribution < -0.4 is 11.1 Å². The lowest BCUT2D eigenvalue weighted by molar-refractivity contribution is 0.0957. The molecule has 1 heterocycles. The van der Waals surface area contributed by atoms with Crippen molar-refractivity contribution >= 4 is 44.6 Å². The number of aliphatic hydroxyl groups is 1. The topological polar surface area (TPSA) is 75.4 Å². The van der Waals surface area contributed by atoms with Crippen molar-refractivity contribution in [3.8, 4) is 0 Å². The molecule has 0 saturated heterocycles. The number of hydrogen-bond acceptors (Lipinski definition) is 4. The van der Waals surface area contributed by atoms with Crippen LogP contribution in [0.15, 0.2) is 18.2 Å². The second kappa shape index (κ2) is 7.64. The van der Waals surface area contributed by atoms with Crippen molar-refractivity contribution in [1.82, 2.24) is 5.32 Å². The Morgan fingerprint density at radius 3 is 2.81 bits per heavy atom. The van der Waals surface area contributed by atoms with E-state index in [2.05, 4.69) is 5.32 Å². The predicted molar refractivity (Wildman–Crippen MR) is 89.1 cm³/mol. The van der Waals surface area contributed by atoms with Crippen LogP contribution >= 0.6 is 22.9 Å². The molecule has 6 heteroatoms. The Morgan fingerprint density at radius 2 is 2.05 bits per heavy atom. The van der Waals surface area contributed by atoms with Crippen molar-refractivity contribution in [2.24, 2.45) is 0 Å². The number of amides is 1. The number of carbonyl (C=O) groups excluding carboxylic acids is 1. The van der Waals surface area contributed by atoms with Crippen LogP contribution in [0.2, 0.25) is 5.02 Å². The molecule has 0 bridgehead atoms. The molecule has 21 heavy (non-hydrogen) atoms. The zero-order chi connectivity index (χ0) is 15.2. The fourth-order valence-electron chi connectivity index (χ4n) is 2.13. The minimum absolute atomic E-state index is 0.132. The van der Waals surface area contributed by atoms with E-state index in [0.717, 1.165) is 35.8 Å². The van der Waals surface area contributed by atoms with E-state index in [1.54, 1.807) is 12.1 Å². The first-order valence-corrected chi connectivity index (χ1v) is 8.19. The zero-order valence-corrected chi connectivity index (χ0v) is 13.3. The SMILES string of the molecule is Nc1c(C(=O)NCCCCCCO)sc2ccc(Cl)cc12. The number of nitrogens with one attached hydrogen (secondary N) is 1. The van der Waals surface area contributed by atoms with Gasteiger partial charge in [0.2, 0.25) is 0 Å². The molecule has 2 rings (SSSR count). The highest BCUT2D eigenvalue weighted by Crippen LogP contribution is 2.35. The van der Waals surface area contributed by atoms with Crippen LogP contribution in [0.1, 0.15) is 35.4 Å². The highest BCUT2D eigenvalue weighted by atomic mass is 35.5. The van der Waals surface area contributed by atoms with Crippen LogP contribution in [-0.2, 0) is 0 Å². The van der Waals surface area contributed by atoms with E-state index in [-0.39, 0.29) is 12.5 Å². The first kappa shape index (κ1) is 16.1. The number of unbranched alkanes of at least 4 members (excludes halogenated alkanes) is 3. The van der Waals surface area contributed by atoms with Gasteiger partial charge in [-0.2, -0.15) is 0 Å². The van der Waals surface area contributed by atoms with Crippen LogP contribution in [-0.4, -0.2) is 24.2 Å². The third-order valence-corrected chi connectivity index (χ3v) is 4.69. The van der Waals surface area contributed by atoms with Gasteiger partial charge in [0.05, 0.1) is 5.69 Å². The fourth-order valence-corrected chi connectivity index (χ4v) is 3.32. The number of carbonyl (C=O) groups is 1. The van der Waals surface area contributed by atoms with Gasteiger partial charge in [0.25, 0.3) is 5.91 Å². The van der Waals surface area contributed by atoms with Gasteiger partial charge < -0.3 is 16.2 Å². The van der Waals surface area contributed by atoms with E-state index in [9.17, 15) is 4.79 Å².